The van der Waals surface area contributed by atoms with E-state index < -0.39 is 80.4 Å². The van der Waals surface area contributed by atoms with Gasteiger partial charge in [-0.25, -0.2) is 0 Å². The summed E-state index contributed by atoms with van der Waals surface area (Å²) < 4.78 is 37.5. The third-order valence-electron chi connectivity index (χ3n) is 16.2. The Morgan fingerprint density at radius 2 is 1.37 bits per heavy atom. The molecule has 0 aromatic rings. The lowest BCUT2D eigenvalue weighted by Gasteiger charge is -2.61. The molecular formula is C39H64O13. The molecule has 0 aromatic heterocycles. The van der Waals surface area contributed by atoms with Crippen LogP contribution in [-0.2, 0) is 28.4 Å². The Morgan fingerprint density at radius 3 is 2.06 bits per heavy atom. The number of hydrogen-bond acceptors (Lipinski definition) is 13. The summed E-state index contributed by atoms with van der Waals surface area (Å²) in [4.78, 5) is 0. The second-order valence-corrected chi connectivity index (χ2v) is 18.7. The van der Waals surface area contributed by atoms with Crippen molar-refractivity contribution in [3.63, 3.8) is 0 Å². The van der Waals surface area contributed by atoms with Crippen molar-refractivity contribution >= 4 is 0 Å². The van der Waals surface area contributed by atoms with E-state index in [0.717, 1.165) is 45.1 Å². The van der Waals surface area contributed by atoms with Crippen molar-refractivity contribution in [2.45, 2.75) is 171 Å². The van der Waals surface area contributed by atoms with Gasteiger partial charge in [0.25, 0.3) is 0 Å². The first-order valence-corrected chi connectivity index (χ1v) is 20.3. The van der Waals surface area contributed by atoms with Crippen LogP contribution in [0.2, 0.25) is 0 Å². The highest BCUT2D eigenvalue weighted by Gasteiger charge is 2.69. The largest absolute Gasteiger partial charge is 0.394 e. The Balaban J connectivity index is 0.942. The molecule has 298 valence electrons. The third kappa shape index (κ3) is 5.98. The van der Waals surface area contributed by atoms with Gasteiger partial charge in [0.2, 0.25) is 0 Å². The van der Waals surface area contributed by atoms with E-state index in [-0.39, 0.29) is 23.0 Å². The van der Waals surface area contributed by atoms with Crippen LogP contribution >= 0.6 is 0 Å². The van der Waals surface area contributed by atoms with Gasteiger partial charge < -0.3 is 64.2 Å². The first kappa shape index (κ1) is 38.4. The molecule has 8 fully saturated rings. The smallest absolute Gasteiger partial charge is 0.187 e. The average Bonchev–Trinajstić information content (AvgIpc) is 3.58. The molecule has 7 N–H and O–H groups in total. The normalized spacial score (nSPS) is 59.0. The van der Waals surface area contributed by atoms with Crippen LogP contribution in [0.3, 0.4) is 0 Å². The third-order valence-corrected chi connectivity index (χ3v) is 16.2. The summed E-state index contributed by atoms with van der Waals surface area (Å²) in [6.45, 7) is 9.33. The molecule has 13 heteroatoms. The Bertz CT molecular complexity index is 1260. The molecule has 52 heavy (non-hydrogen) atoms. The van der Waals surface area contributed by atoms with E-state index in [1.807, 2.05) is 0 Å². The molecule has 0 amide bonds. The fraction of sp³-hybridized carbons (Fsp3) is 1.00. The van der Waals surface area contributed by atoms with Gasteiger partial charge in [0.15, 0.2) is 18.4 Å². The maximum Gasteiger partial charge on any atom is 0.187 e. The zero-order valence-electron chi connectivity index (χ0n) is 31.2. The summed E-state index contributed by atoms with van der Waals surface area (Å²) in [6, 6.07) is 0. The molecule has 4 heterocycles. The molecule has 4 saturated carbocycles. The van der Waals surface area contributed by atoms with Crippen molar-refractivity contribution in [2.75, 3.05) is 19.8 Å². The monoisotopic (exact) mass is 740 g/mol. The van der Waals surface area contributed by atoms with E-state index >= 15 is 0 Å². The minimum Gasteiger partial charge on any atom is -0.394 e. The van der Waals surface area contributed by atoms with Crippen molar-refractivity contribution in [2.24, 2.45) is 52.3 Å². The van der Waals surface area contributed by atoms with Crippen molar-refractivity contribution < 1.29 is 64.2 Å². The van der Waals surface area contributed by atoms with Crippen LogP contribution in [-0.4, -0.2) is 135 Å². The molecule has 0 radical (unpaired) electrons. The van der Waals surface area contributed by atoms with Crippen LogP contribution in [0.1, 0.15) is 91.9 Å². The molecule has 1 spiro atoms. The molecule has 13 nitrogen and oxygen atoms in total. The fourth-order valence-electron chi connectivity index (χ4n) is 13.2. The van der Waals surface area contributed by atoms with Crippen molar-refractivity contribution in [1.82, 2.24) is 0 Å². The fourth-order valence-corrected chi connectivity index (χ4v) is 13.2. The van der Waals surface area contributed by atoms with Gasteiger partial charge in [-0.05, 0) is 104 Å². The maximum atomic E-state index is 11.1. The number of hydrogen-bond donors (Lipinski definition) is 7. The first-order valence-electron chi connectivity index (χ1n) is 20.3. The van der Waals surface area contributed by atoms with Crippen molar-refractivity contribution in [1.29, 1.82) is 0 Å². The molecule has 0 bridgehead atoms. The molecule has 22 atom stereocenters. The van der Waals surface area contributed by atoms with Crippen LogP contribution in [0.15, 0.2) is 0 Å². The molecule has 4 aliphatic heterocycles. The minimum atomic E-state index is -1.71. The standard InChI is InChI=1S/C39H64O13/c1-18-7-12-39(47-17-18)19(2)28-25(52-39)14-24-22-6-5-20-13-21(8-10-37(20,3)23(22)9-11-38(24,28)4)48-36-34(32(45)30(43)27(16-41)50-36)51-35-33(46)31(44)29(42)26(15-40)49-35/h18-36,40-46H,5-17H2,1-4H3/t18?,19-,20+,21-,22+,23-,24-,25-,26+,27+,28?,29+,30-,31-,32-,33+,34+,35-,36+,37-,38-,39+/m0/s1. The summed E-state index contributed by atoms with van der Waals surface area (Å²) in [5.41, 5.74) is 0.425. The zero-order valence-corrected chi connectivity index (χ0v) is 31.2. The van der Waals surface area contributed by atoms with Gasteiger partial charge in [0.05, 0.1) is 32.0 Å². The van der Waals surface area contributed by atoms with Crippen LogP contribution in [0.4, 0.5) is 0 Å². The molecular weight excluding hydrogens is 676 g/mol. The lowest BCUT2D eigenvalue weighted by molar-refractivity contribution is -0.373. The van der Waals surface area contributed by atoms with Gasteiger partial charge in [-0.2, -0.15) is 0 Å². The summed E-state index contributed by atoms with van der Waals surface area (Å²) >= 11 is 0. The van der Waals surface area contributed by atoms with E-state index in [0.29, 0.717) is 41.4 Å². The SMILES string of the molecule is CC1CC[C@@]2(OC1)O[C@H]1C[C@H]3[C@@H]4CC[C@@H]5C[C@@H](O[C@@H]6O[C@H](CO)[C@H](O)[C@H](O)[C@H]6O[C@@H]6O[C@H](CO)[C@@H](O)[C@H](O)[C@H]6O)CC[C@]5(C)[C@H]4CC[C@]3(C)C1[C@@H]2C. The number of ether oxygens (including phenoxy) is 6. The molecule has 2 unspecified atom stereocenters. The number of aliphatic hydroxyl groups is 7. The van der Waals surface area contributed by atoms with Crippen molar-refractivity contribution in [3.8, 4) is 0 Å². The summed E-state index contributed by atoms with van der Waals surface area (Å²) in [5, 5.41) is 72.7. The zero-order chi connectivity index (χ0) is 36.9. The molecule has 8 rings (SSSR count). The summed E-state index contributed by atoms with van der Waals surface area (Å²) in [7, 11) is 0. The van der Waals surface area contributed by atoms with Crippen LogP contribution in [0, 0.1) is 52.3 Å². The number of aliphatic hydroxyl groups excluding tert-OH is 7. The predicted octanol–water partition coefficient (Wildman–Crippen LogP) is 1.44. The lowest BCUT2D eigenvalue weighted by Crippen LogP contribution is -2.65. The lowest BCUT2D eigenvalue weighted by atomic mass is 9.44. The highest BCUT2D eigenvalue weighted by atomic mass is 16.8. The van der Waals surface area contributed by atoms with Gasteiger partial charge in [-0.15, -0.1) is 0 Å². The highest BCUT2D eigenvalue weighted by molar-refractivity contribution is 5.15. The van der Waals surface area contributed by atoms with Crippen molar-refractivity contribution in [3.05, 3.63) is 0 Å². The predicted molar refractivity (Wildman–Crippen MR) is 183 cm³/mol. The van der Waals surface area contributed by atoms with Gasteiger partial charge >= 0.3 is 0 Å². The second kappa shape index (κ2) is 14.1. The van der Waals surface area contributed by atoms with Gasteiger partial charge in [-0.1, -0.05) is 27.7 Å². The molecule has 8 aliphatic rings. The minimum absolute atomic E-state index is 0.168. The van der Waals surface area contributed by atoms with Crippen LogP contribution in [0.5, 0.6) is 0 Å². The molecule has 0 aromatic carbocycles. The number of fused-ring (bicyclic) bond motifs is 7. The van der Waals surface area contributed by atoms with Gasteiger partial charge in [0, 0.05) is 12.3 Å². The molecule has 4 saturated heterocycles. The summed E-state index contributed by atoms with van der Waals surface area (Å²) in [5.74, 6) is 3.51. The Hall–Kier alpha value is -0.520. The van der Waals surface area contributed by atoms with E-state index in [2.05, 4.69) is 27.7 Å². The average molecular weight is 741 g/mol. The van der Waals surface area contributed by atoms with E-state index in [1.54, 1.807) is 0 Å². The number of rotatable bonds is 6. The Morgan fingerprint density at radius 1 is 0.673 bits per heavy atom. The summed E-state index contributed by atoms with van der Waals surface area (Å²) in [6.07, 6.45) is -3.88. The maximum absolute atomic E-state index is 11.1. The van der Waals surface area contributed by atoms with Gasteiger partial charge in [0.1, 0.15) is 48.8 Å². The van der Waals surface area contributed by atoms with Crippen LogP contribution < -0.4 is 0 Å². The Labute approximate surface area is 307 Å². The topological polar surface area (TPSA) is 197 Å². The Kier molecular flexibility index (Phi) is 10.4. The van der Waals surface area contributed by atoms with E-state index in [9.17, 15) is 35.7 Å². The van der Waals surface area contributed by atoms with Crippen LogP contribution in [0.25, 0.3) is 0 Å². The quantitative estimate of drug-likeness (QED) is 0.194. The van der Waals surface area contributed by atoms with E-state index in [1.165, 1.54) is 25.7 Å². The highest BCUT2D eigenvalue weighted by Crippen LogP contribution is 2.71. The first-order chi connectivity index (χ1) is 24.7. The van der Waals surface area contributed by atoms with E-state index in [4.69, 9.17) is 28.4 Å². The molecule has 4 aliphatic carbocycles. The van der Waals surface area contributed by atoms with Gasteiger partial charge in [-0.3, -0.25) is 0 Å². The second-order valence-electron chi connectivity index (χ2n) is 18.7.